The molecule has 8 aromatic carbocycles. The summed E-state index contributed by atoms with van der Waals surface area (Å²) in [6.07, 6.45) is 0. The summed E-state index contributed by atoms with van der Waals surface area (Å²) >= 11 is 0. The van der Waals surface area contributed by atoms with Crippen molar-refractivity contribution in [3.8, 4) is 56.6 Å². The summed E-state index contributed by atoms with van der Waals surface area (Å²) in [6, 6.07) is 61.2. The molecule has 0 unspecified atom stereocenters. The summed E-state index contributed by atoms with van der Waals surface area (Å²) < 4.78 is 10.9. The van der Waals surface area contributed by atoms with Gasteiger partial charge in [-0.25, -0.2) is 9.97 Å². The van der Waals surface area contributed by atoms with Crippen LogP contribution in [-0.4, -0.2) is 19.1 Å². The lowest BCUT2D eigenvalue weighted by Crippen LogP contribution is -2.15. The third kappa shape index (κ3) is 4.20. The standard InChI is InChI=1S/C53H34N4O/c1-53(2)41-16-7-3-12-34(41)35-25-24-33(30-42(35)53)56-44-18-8-4-13-36(44)39-28-31(22-26-46(39)56)32-23-27-47-40(29-32)37-14-5-9-19-45(37)57(47)52-54-43-17-11-21-49-50(43)51(55-52)38-15-6-10-20-48(38)58-49/h3-30H,1-2H3. The Morgan fingerprint density at radius 1 is 0.448 bits per heavy atom. The first-order chi connectivity index (χ1) is 28.5. The number of aromatic nitrogens is 4. The van der Waals surface area contributed by atoms with Crippen LogP contribution in [0, 0.1) is 0 Å². The zero-order chi connectivity index (χ0) is 38.3. The fraction of sp³-hybridized carbons (Fsp3) is 0.0566. The molecule has 0 atom stereocenters. The molecule has 1 aliphatic carbocycles. The van der Waals surface area contributed by atoms with Gasteiger partial charge in [-0.15, -0.1) is 0 Å². The Morgan fingerprint density at radius 2 is 1.05 bits per heavy atom. The highest BCUT2D eigenvalue weighted by atomic mass is 16.5. The molecule has 0 saturated heterocycles. The van der Waals surface area contributed by atoms with Gasteiger partial charge in [-0.1, -0.05) is 111 Å². The number of nitrogens with zero attached hydrogens (tertiary/aromatic N) is 4. The molecule has 0 spiro atoms. The van der Waals surface area contributed by atoms with E-state index in [0.717, 1.165) is 61.0 Å². The second-order valence-electron chi connectivity index (χ2n) is 16.2. The molecule has 0 radical (unpaired) electrons. The second-order valence-corrected chi connectivity index (χ2v) is 16.2. The monoisotopic (exact) mass is 742 g/mol. The van der Waals surface area contributed by atoms with E-state index in [1.165, 1.54) is 55.3 Å². The molecule has 0 fully saturated rings. The minimum Gasteiger partial charge on any atom is -0.456 e. The molecule has 0 saturated carbocycles. The molecule has 1 aliphatic heterocycles. The van der Waals surface area contributed by atoms with Gasteiger partial charge in [-0.2, -0.15) is 0 Å². The molecule has 0 bridgehead atoms. The molecule has 4 heterocycles. The molecule has 11 aromatic rings. The first kappa shape index (κ1) is 31.7. The number of benzene rings is 8. The molecule has 58 heavy (non-hydrogen) atoms. The van der Waals surface area contributed by atoms with Gasteiger partial charge in [-0.05, 0) is 106 Å². The van der Waals surface area contributed by atoms with Crippen molar-refractivity contribution >= 4 is 54.5 Å². The highest BCUT2D eigenvalue weighted by molar-refractivity contribution is 6.13. The van der Waals surface area contributed by atoms with Gasteiger partial charge in [0.2, 0.25) is 5.95 Å². The van der Waals surface area contributed by atoms with Crippen LogP contribution >= 0.6 is 0 Å². The molecule has 3 aromatic heterocycles. The average Bonchev–Trinajstić information content (AvgIpc) is 3.86. The summed E-state index contributed by atoms with van der Waals surface area (Å²) in [4.78, 5) is 10.5. The van der Waals surface area contributed by atoms with E-state index in [2.05, 4.69) is 156 Å². The van der Waals surface area contributed by atoms with Crippen molar-refractivity contribution in [1.29, 1.82) is 0 Å². The first-order valence-corrected chi connectivity index (χ1v) is 19.9. The third-order valence-electron chi connectivity index (χ3n) is 12.7. The van der Waals surface area contributed by atoms with E-state index in [4.69, 9.17) is 14.7 Å². The van der Waals surface area contributed by atoms with Gasteiger partial charge in [0.05, 0.1) is 38.7 Å². The molecule has 272 valence electrons. The van der Waals surface area contributed by atoms with E-state index >= 15 is 0 Å². The third-order valence-corrected chi connectivity index (χ3v) is 12.7. The highest BCUT2D eigenvalue weighted by Gasteiger charge is 2.35. The molecule has 13 rings (SSSR count). The van der Waals surface area contributed by atoms with E-state index in [-0.39, 0.29) is 5.41 Å². The van der Waals surface area contributed by atoms with Crippen LogP contribution in [-0.2, 0) is 5.41 Å². The molecular weight excluding hydrogens is 709 g/mol. The van der Waals surface area contributed by atoms with Gasteiger partial charge in [0.1, 0.15) is 11.5 Å². The Morgan fingerprint density at radius 3 is 1.83 bits per heavy atom. The fourth-order valence-electron chi connectivity index (χ4n) is 10.0. The Hall–Kier alpha value is -7.50. The van der Waals surface area contributed by atoms with Crippen LogP contribution in [0.3, 0.4) is 0 Å². The Bertz CT molecular complexity index is 3590. The predicted molar refractivity (Wildman–Crippen MR) is 237 cm³/mol. The molecule has 0 amide bonds. The number of hydrogen-bond acceptors (Lipinski definition) is 3. The molecular formula is C53H34N4O. The van der Waals surface area contributed by atoms with Gasteiger partial charge in [0.25, 0.3) is 0 Å². The van der Waals surface area contributed by atoms with Crippen molar-refractivity contribution in [2.24, 2.45) is 0 Å². The van der Waals surface area contributed by atoms with Crippen molar-refractivity contribution in [1.82, 2.24) is 19.1 Å². The van der Waals surface area contributed by atoms with Crippen molar-refractivity contribution < 1.29 is 4.74 Å². The van der Waals surface area contributed by atoms with Crippen molar-refractivity contribution in [2.75, 3.05) is 0 Å². The smallest absolute Gasteiger partial charge is 0.235 e. The van der Waals surface area contributed by atoms with Crippen LogP contribution in [0.4, 0.5) is 0 Å². The lowest BCUT2D eigenvalue weighted by Gasteiger charge is -2.22. The summed E-state index contributed by atoms with van der Waals surface area (Å²) in [5.41, 5.74) is 16.1. The number of ether oxygens (including phenoxy) is 1. The Kier molecular flexibility index (Phi) is 6.17. The Labute approximate surface area is 334 Å². The maximum absolute atomic E-state index is 6.30. The zero-order valence-electron chi connectivity index (χ0n) is 31.9. The maximum Gasteiger partial charge on any atom is 0.235 e. The van der Waals surface area contributed by atoms with E-state index < -0.39 is 0 Å². The minimum atomic E-state index is -0.0730. The van der Waals surface area contributed by atoms with Crippen LogP contribution in [0.1, 0.15) is 25.0 Å². The van der Waals surface area contributed by atoms with Crippen LogP contribution < -0.4 is 4.74 Å². The van der Waals surface area contributed by atoms with Gasteiger partial charge in [-0.3, -0.25) is 4.57 Å². The number of rotatable bonds is 3. The molecule has 5 nitrogen and oxygen atoms in total. The van der Waals surface area contributed by atoms with Crippen LogP contribution in [0.2, 0.25) is 0 Å². The van der Waals surface area contributed by atoms with Crippen LogP contribution in [0.5, 0.6) is 11.5 Å². The van der Waals surface area contributed by atoms with Crippen molar-refractivity contribution in [3.05, 3.63) is 181 Å². The normalized spacial score (nSPS) is 13.6. The van der Waals surface area contributed by atoms with Gasteiger partial charge in [0, 0.05) is 38.2 Å². The summed E-state index contributed by atoms with van der Waals surface area (Å²) in [7, 11) is 0. The quantitative estimate of drug-likeness (QED) is 0.181. The zero-order valence-corrected chi connectivity index (χ0v) is 31.9. The summed E-state index contributed by atoms with van der Waals surface area (Å²) in [5, 5.41) is 5.74. The topological polar surface area (TPSA) is 44.9 Å². The maximum atomic E-state index is 6.30. The number of hydrogen-bond donors (Lipinski definition) is 0. The van der Waals surface area contributed by atoms with Crippen LogP contribution in [0.15, 0.2) is 170 Å². The summed E-state index contributed by atoms with van der Waals surface area (Å²) in [6.45, 7) is 4.70. The fourth-order valence-corrected chi connectivity index (χ4v) is 10.0. The minimum absolute atomic E-state index is 0.0730. The van der Waals surface area contributed by atoms with Crippen molar-refractivity contribution in [3.63, 3.8) is 0 Å². The van der Waals surface area contributed by atoms with E-state index in [1.807, 2.05) is 36.4 Å². The molecule has 0 N–H and O–H groups in total. The van der Waals surface area contributed by atoms with Crippen LogP contribution in [0.25, 0.3) is 99.7 Å². The lowest BCUT2D eigenvalue weighted by atomic mass is 9.82. The lowest BCUT2D eigenvalue weighted by molar-refractivity contribution is 0.486. The van der Waals surface area contributed by atoms with Gasteiger partial charge in [0.15, 0.2) is 0 Å². The van der Waals surface area contributed by atoms with E-state index in [9.17, 15) is 0 Å². The first-order valence-electron chi connectivity index (χ1n) is 19.9. The number of para-hydroxylation sites is 3. The van der Waals surface area contributed by atoms with E-state index in [0.29, 0.717) is 5.95 Å². The average molecular weight is 743 g/mol. The van der Waals surface area contributed by atoms with Gasteiger partial charge >= 0.3 is 0 Å². The highest BCUT2D eigenvalue weighted by Crippen LogP contribution is 2.50. The molecule has 5 heteroatoms. The van der Waals surface area contributed by atoms with E-state index in [1.54, 1.807) is 0 Å². The molecule has 2 aliphatic rings. The van der Waals surface area contributed by atoms with Crippen molar-refractivity contribution in [2.45, 2.75) is 19.3 Å². The predicted octanol–water partition coefficient (Wildman–Crippen LogP) is 13.6. The number of fused-ring (bicyclic) bond motifs is 11. The SMILES string of the molecule is CC1(C)c2ccccc2-c2ccc(-n3c4ccccc4c4cc(-c5ccc6c(c5)c5ccccc5n6-c5nc6c7c(cccc7n5)Oc5ccccc5-6)ccc43)cc21. The Balaban J connectivity index is 0.974. The van der Waals surface area contributed by atoms with Gasteiger partial charge < -0.3 is 9.30 Å². The second kappa shape index (κ2) is 11.3. The summed E-state index contributed by atoms with van der Waals surface area (Å²) in [5.74, 6) is 2.23. The largest absolute Gasteiger partial charge is 0.456 e.